The molecule has 0 aromatic rings. The van der Waals surface area contributed by atoms with Gasteiger partial charge in [0.05, 0.1) is 18.2 Å². The fourth-order valence-corrected chi connectivity index (χ4v) is 2.65. The number of hydrogen-bond acceptors (Lipinski definition) is 3. The van der Waals surface area contributed by atoms with Crippen molar-refractivity contribution in [1.82, 2.24) is 4.90 Å². The van der Waals surface area contributed by atoms with E-state index >= 15 is 0 Å². The quantitative estimate of drug-likeness (QED) is 0.565. The summed E-state index contributed by atoms with van der Waals surface area (Å²) < 4.78 is 11.7. The van der Waals surface area contributed by atoms with Crippen molar-refractivity contribution >= 4 is 22.0 Å². The Labute approximate surface area is 145 Å². The largest absolute Gasteiger partial charge is 0.444 e. The molecule has 0 aromatic heterocycles. The van der Waals surface area contributed by atoms with Gasteiger partial charge in [-0.25, -0.2) is 4.79 Å². The fourth-order valence-electron chi connectivity index (χ4n) is 2.34. The zero-order chi connectivity index (χ0) is 17.6. The number of likely N-dealkylation sites (N-methyl/N-ethyl adjacent to an activating group) is 1. The topological polar surface area (TPSA) is 38.8 Å². The Kier molecular flexibility index (Phi) is 8.99. The van der Waals surface area contributed by atoms with E-state index in [0.717, 1.165) is 6.42 Å². The third-order valence-electron chi connectivity index (χ3n) is 3.13. The SMILES string of the molecule is CCN(CC(C)(CBr)OC(C)CC(C)C)C(=O)OC(C)(C)C. The van der Waals surface area contributed by atoms with Crippen LogP contribution in [0.1, 0.15) is 61.8 Å². The molecular weight excluding hydrogens is 346 g/mol. The number of hydrogen-bond donors (Lipinski definition) is 0. The van der Waals surface area contributed by atoms with Gasteiger partial charge in [0.25, 0.3) is 0 Å². The van der Waals surface area contributed by atoms with E-state index in [1.807, 2.05) is 34.6 Å². The molecule has 2 unspecified atom stereocenters. The second-order valence-corrected chi connectivity index (χ2v) is 8.20. The number of halogens is 1. The third-order valence-corrected chi connectivity index (χ3v) is 4.32. The summed E-state index contributed by atoms with van der Waals surface area (Å²) in [5.74, 6) is 0.586. The van der Waals surface area contributed by atoms with Crippen molar-refractivity contribution in [3.8, 4) is 0 Å². The van der Waals surface area contributed by atoms with Crippen LogP contribution in [-0.4, -0.2) is 46.7 Å². The molecule has 0 N–H and O–H groups in total. The Morgan fingerprint density at radius 1 is 1.18 bits per heavy atom. The molecule has 1 amide bonds. The van der Waals surface area contributed by atoms with Gasteiger partial charge in [-0.15, -0.1) is 0 Å². The van der Waals surface area contributed by atoms with Gasteiger partial charge in [0.1, 0.15) is 5.60 Å². The molecule has 0 aliphatic rings. The van der Waals surface area contributed by atoms with Crippen LogP contribution in [0.15, 0.2) is 0 Å². The second kappa shape index (κ2) is 9.11. The van der Waals surface area contributed by atoms with Gasteiger partial charge >= 0.3 is 6.09 Å². The summed E-state index contributed by atoms with van der Waals surface area (Å²) in [4.78, 5) is 14.0. The van der Waals surface area contributed by atoms with Crippen LogP contribution in [0, 0.1) is 5.92 Å². The van der Waals surface area contributed by atoms with Crippen LogP contribution in [0.5, 0.6) is 0 Å². The highest BCUT2D eigenvalue weighted by atomic mass is 79.9. The minimum Gasteiger partial charge on any atom is -0.444 e. The Morgan fingerprint density at radius 3 is 2.09 bits per heavy atom. The minimum atomic E-state index is -0.485. The number of carbonyl (C=O) groups is 1. The molecule has 0 radical (unpaired) electrons. The lowest BCUT2D eigenvalue weighted by atomic mass is 10.0. The maximum absolute atomic E-state index is 12.3. The smallest absolute Gasteiger partial charge is 0.410 e. The first-order valence-electron chi connectivity index (χ1n) is 8.14. The number of rotatable bonds is 8. The van der Waals surface area contributed by atoms with Gasteiger partial charge in [0.15, 0.2) is 0 Å². The molecule has 0 saturated carbocycles. The van der Waals surface area contributed by atoms with E-state index in [1.54, 1.807) is 4.90 Å². The molecule has 0 spiro atoms. The monoisotopic (exact) mass is 379 g/mol. The summed E-state index contributed by atoms with van der Waals surface area (Å²) in [6.45, 7) is 17.2. The standard InChI is InChI=1S/C17H34BrNO3/c1-9-19(15(20)22-16(5,6)7)12-17(8,11-18)21-14(4)10-13(2)3/h13-14H,9-12H2,1-8H3. The van der Waals surface area contributed by atoms with Gasteiger partial charge < -0.3 is 14.4 Å². The average molecular weight is 380 g/mol. The average Bonchev–Trinajstić information content (AvgIpc) is 2.32. The Balaban J connectivity index is 4.81. The van der Waals surface area contributed by atoms with Crippen molar-refractivity contribution < 1.29 is 14.3 Å². The molecule has 0 bridgehead atoms. The van der Waals surface area contributed by atoms with Crippen molar-refractivity contribution in [3.63, 3.8) is 0 Å². The van der Waals surface area contributed by atoms with Crippen molar-refractivity contribution in [2.45, 2.75) is 79.1 Å². The molecule has 0 fully saturated rings. The van der Waals surface area contributed by atoms with Crippen molar-refractivity contribution in [3.05, 3.63) is 0 Å². The van der Waals surface area contributed by atoms with E-state index in [4.69, 9.17) is 9.47 Å². The summed E-state index contributed by atoms with van der Waals surface area (Å²) >= 11 is 3.53. The van der Waals surface area contributed by atoms with Crippen LogP contribution >= 0.6 is 15.9 Å². The number of carbonyl (C=O) groups excluding carboxylic acids is 1. The van der Waals surface area contributed by atoms with E-state index in [-0.39, 0.29) is 12.2 Å². The van der Waals surface area contributed by atoms with Crippen LogP contribution < -0.4 is 0 Å². The summed E-state index contributed by atoms with van der Waals surface area (Å²) in [5.41, 5.74) is -0.914. The molecule has 2 atom stereocenters. The lowest BCUT2D eigenvalue weighted by Gasteiger charge is -2.37. The predicted octanol–water partition coefficient (Wildman–Crippen LogP) is 4.85. The Morgan fingerprint density at radius 2 is 1.73 bits per heavy atom. The molecule has 0 rings (SSSR count). The van der Waals surface area contributed by atoms with Crippen LogP contribution in [0.4, 0.5) is 4.79 Å². The molecule has 0 saturated heterocycles. The van der Waals surface area contributed by atoms with Crippen LogP contribution in [0.2, 0.25) is 0 Å². The fraction of sp³-hybridized carbons (Fsp3) is 0.941. The summed E-state index contributed by atoms with van der Waals surface area (Å²) in [5, 5.41) is 0.668. The Bertz CT molecular complexity index is 341. The van der Waals surface area contributed by atoms with E-state index in [2.05, 4.69) is 36.7 Å². The van der Waals surface area contributed by atoms with Crippen molar-refractivity contribution in [2.75, 3.05) is 18.4 Å². The number of amides is 1. The van der Waals surface area contributed by atoms with Gasteiger partial charge in [-0.05, 0) is 53.9 Å². The van der Waals surface area contributed by atoms with E-state index in [0.29, 0.717) is 24.3 Å². The van der Waals surface area contributed by atoms with Gasteiger partial charge in [-0.1, -0.05) is 29.8 Å². The van der Waals surface area contributed by atoms with Crippen LogP contribution in [-0.2, 0) is 9.47 Å². The third kappa shape index (κ3) is 8.99. The summed E-state index contributed by atoms with van der Waals surface area (Å²) in [6, 6.07) is 0. The summed E-state index contributed by atoms with van der Waals surface area (Å²) in [7, 11) is 0. The van der Waals surface area contributed by atoms with Crippen molar-refractivity contribution in [2.24, 2.45) is 5.92 Å². The first-order chi connectivity index (χ1) is 9.92. The zero-order valence-corrected chi connectivity index (χ0v) is 17.1. The number of ether oxygens (including phenoxy) is 2. The van der Waals surface area contributed by atoms with Crippen molar-refractivity contribution in [1.29, 1.82) is 0 Å². The van der Waals surface area contributed by atoms with Gasteiger partial charge in [0, 0.05) is 11.9 Å². The molecule has 4 nitrogen and oxygen atoms in total. The van der Waals surface area contributed by atoms with E-state index < -0.39 is 11.2 Å². The lowest BCUT2D eigenvalue weighted by Crippen LogP contribution is -2.49. The first kappa shape index (κ1) is 21.7. The molecule has 0 heterocycles. The number of alkyl halides is 1. The lowest BCUT2D eigenvalue weighted by molar-refractivity contribution is -0.0826. The van der Waals surface area contributed by atoms with Crippen LogP contribution in [0.25, 0.3) is 0 Å². The van der Waals surface area contributed by atoms with Gasteiger partial charge in [0.2, 0.25) is 0 Å². The zero-order valence-electron chi connectivity index (χ0n) is 15.5. The number of nitrogens with zero attached hydrogens (tertiary/aromatic N) is 1. The van der Waals surface area contributed by atoms with Gasteiger partial charge in [-0.2, -0.15) is 0 Å². The van der Waals surface area contributed by atoms with E-state index in [9.17, 15) is 4.79 Å². The maximum atomic E-state index is 12.3. The highest BCUT2D eigenvalue weighted by Crippen LogP contribution is 2.22. The molecule has 132 valence electrons. The molecule has 0 aliphatic heterocycles. The van der Waals surface area contributed by atoms with Gasteiger partial charge in [-0.3, -0.25) is 0 Å². The maximum Gasteiger partial charge on any atom is 0.410 e. The molecule has 0 aromatic carbocycles. The minimum absolute atomic E-state index is 0.153. The second-order valence-electron chi connectivity index (χ2n) is 7.64. The predicted molar refractivity (Wildman–Crippen MR) is 95.7 cm³/mol. The molecule has 0 aliphatic carbocycles. The van der Waals surface area contributed by atoms with E-state index in [1.165, 1.54) is 0 Å². The first-order valence-corrected chi connectivity index (χ1v) is 9.26. The molecule has 5 heteroatoms. The highest BCUT2D eigenvalue weighted by molar-refractivity contribution is 9.09. The molecular formula is C17H34BrNO3. The highest BCUT2D eigenvalue weighted by Gasteiger charge is 2.32. The Hall–Kier alpha value is -0.290. The normalized spacial score (nSPS) is 16.3. The van der Waals surface area contributed by atoms with Crippen LogP contribution in [0.3, 0.4) is 0 Å². The molecule has 22 heavy (non-hydrogen) atoms. The summed E-state index contributed by atoms with van der Waals surface area (Å²) in [6.07, 6.45) is 0.864.